The maximum atomic E-state index is 13.2. The number of halogens is 5. The van der Waals surface area contributed by atoms with Crippen molar-refractivity contribution in [1.29, 1.82) is 0 Å². The number of nitrogens with one attached hydrogen (secondary N) is 1. The molecule has 0 atom stereocenters. The summed E-state index contributed by atoms with van der Waals surface area (Å²) in [6, 6.07) is 9.67. The smallest absolute Gasteiger partial charge is 0.416 e. The summed E-state index contributed by atoms with van der Waals surface area (Å²) in [4.78, 5) is 14.4. The van der Waals surface area contributed by atoms with Gasteiger partial charge in [-0.1, -0.05) is 0 Å². The molecule has 35 heavy (non-hydrogen) atoms. The van der Waals surface area contributed by atoms with Crippen LogP contribution < -0.4 is 10.1 Å². The molecular formula is C25H24F5N3O2. The van der Waals surface area contributed by atoms with E-state index < -0.39 is 23.4 Å². The minimum Gasteiger partial charge on any atom is -0.484 e. The van der Waals surface area contributed by atoms with Crippen LogP contribution >= 0.6 is 0 Å². The van der Waals surface area contributed by atoms with Gasteiger partial charge in [0, 0.05) is 62.0 Å². The molecule has 10 heteroatoms. The Morgan fingerprint density at radius 3 is 2.29 bits per heavy atom. The number of hydrogen-bond acceptors (Lipinski definition) is 3. The molecule has 0 radical (unpaired) electrons. The number of alkyl halides is 3. The van der Waals surface area contributed by atoms with Gasteiger partial charge in [0.25, 0.3) is 5.91 Å². The largest absolute Gasteiger partial charge is 0.484 e. The van der Waals surface area contributed by atoms with Crippen molar-refractivity contribution in [3.05, 3.63) is 83.7 Å². The summed E-state index contributed by atoms with van der Waals surface area (Å²) in [6.07, 6.45) is 0.817. The normalized spacial score (nSPS) is 15.2. The molecule has 3 aromatic rings. The van der Waals surface area contributed by atoms with Crippen LogP contribution in [0.4, 0.5) is 22.0 Å². The number of hydrogen-bond donors (Lipinski definition) is 1. The Hall–Kier alpha value is -3.40. The molecule has 1 aliphatic heterocycles. The van der Waals surface area contributed by atoms with Crippen LogP contribution in [0.5, 0.6) is 5.75 Å². The maximum absolute atomic E-state index is 13.2. The van der Waals surface area contributed by atoms with E-state index in [0.717, 1.165) is 61.8 Å². The first-order valence-electron chi connectivity index (χ1n) is 11.1. The Kier molecular flexibility index (Phi) is 7.39. The second-order valence-electron chi connectivity index (χ2n) is 8.48. The predicted octanol–water partition coefficient (Wildman–Crippen LogP) is 4.93. The summed E-state index contributed by atoms with van der Waals surface area (Å²) in [6.45, 7) is 1.86. The third-order valence-electron chi connectivity index (χ3n) is 5.81. The molecule has 4 rings (SSSR count). The molecule has 0 aliphatic carbocycles. The fourth-order valence-corrected chi connectivity index (χ4v) is 4.04. The lowest BCUT2D eigenvalue weighted by molar-refractivity contribution is -0.137. The van der Waals surface area contributed by atoms with Gasteiger partial charge < -0.3 is 14.6 Å². The average molecular weight is 493 g/mol. The second kappa shape index (κ2) is 10.5. The van der Waals surface area contributed by atoms with Gasteiger partial charge in [-0.05, 0) is 48.7 Å². The van der Waals surface area contributed by atoms with E-state index in [1.165, 1.54) is 12.1 Å². The van der Waals surface area contributed by atoms with Crippen molar-refractivity contribution in [2.45, 2.75) is 31.6 Å². The average Bonchev–Trinajstić information content (AvgIpc) is 3.26. The van der Waals surface area contributed by atoms with Gasteiger partial charge >= 0.3 is 6.18 Å². The molecule has 2 heterocycles. The molecular weight excluding hydrogens is 469 g/mol. The van der Waals surface area contributed by atoms with E-state index in [2.05, 4.69) is 10.2 Å². The van der Waals surface area contributed by atoms with Crippen molar-refractivity contribution < 1.29 is 31.5 Å². The zero-order chi connectivity index (χ0) is 25.0. The highest BCUT2D eigenvalue weighted by Gasteiger charge is 2.30. The van der Waals surface area contributed by atoms with Crippen LogP contribution in [0.3, 0.4) is 0 Å². The number of rotatable bonds is 7. The van der Waals surface area contributed by atoms with Crippen molar-refractivity contribution >= 4 is 5.91 Å². The summed E-state index contributed by atoms with van der Waals surface area (Å²) in [7, 11) is 0. The van der Waals surface area contributed by atoms with Crippen molar-refractivity contribution in [3.8, 4) is 11.4 Å². The lowest BCUT2D eigenvalue weighted by Gasteiger charge is -2.32. The summed E-state index contributed by atoms with van der Waals surface area (Å²) >= 11 is 0. The van der Waals surface area contributed by atoms with E-state index >= 15 is 0 Å². The van der Waals surface area contributed by atoms with Crippen LogP contribution in [-0.2, 0) is 17.5 Å². The molecule has 0 unspecified atom stereocenters. The van der Waals surface area contributed by atoms with Gasteiger partial charge in [0.1, 0.15) is 17.4 Å². The van der Waals surface area contributed by atoms with E-state index in [1.54, 1.807) is 4.57 Å². The molecule has 1 fully saturated rings. The summed E-state index contributed by atoms with van der Waals surface area (Å²) in [5, 5.41) is 2.88. The molecule has 1 aliphatic rings. The molecule has 1 N–H and O–H groups in total. The molecule has 2 aromatic carbocycles. The van der Waals surface area contributed by atoms with Gasteiger partial charge in [0.2, 0.25) is 0 Å². The first kappa shape index (κ1) is 24.7. The zero-order valence-corrected chi connectivity index (χ0v) is 18.7. The monoisotopic (exact) mass is 493 g/mol. The number of ether oxygens (including phenoxy) is 1. The molecule has 186 valence electrons. The number of carbonyl (C=O) groups is 1. The fourth-order valence-electron chi connectivity index (χ4n) is 4.04. The highest BCUT2D eigenvalue weighted by Crippen LogP contribution is 2.29. The molecule has 1 amide bonds. The second-order valence-corrected chi connectivity index (χ2v) is 8.48. The first-order valence-corrected chi connectivity index (χ1v) is 11.1. The number of carbonyl (C=O) groups excluding carboxylic acids is 1. The first-order chi connectivity index (χ1) is 16.7. The number of benzene rings is 2. The number of aromatic nitrogens is 1. The molecule has 1 saturated heterocycles. The van der Waals surface area contributed by atoms with Crippen LogP contribution in [0.15, 0.2) is 60.9 Å². The van der Waals surface area contributed by atoms with Crippen LogP contribution in [0, 0.1) is 11.6 Å². The third kappa shape index (κ3) is 6.82. The van der Waals surface area contributed by atoms with E-state index in [1.807, 2.05) is 18.5 Å². The zero-order valence-electron chi connectivity index (χ0n) is 18.7. The Labute approximate surface area is 199 Å². The van der Waals surface area contributed by atoms with Gasteiger partial charge in [-0.2, -0.15) is 13.2 Å². The molecule has 0 saturated carbocycles. The third-order valence-corrected chi connectivity index (χ3v) is 5.81. The van der Waals surface area contributed by atoms with E-state index in [4.69, 9.17) is 4.74 Å². The van der Waals surface area contributed by atoms with Crippen molar-refractivity contribution in [2.75, 3.05) is 19.7 Å². The molecule has 0 spiro atoms. The van der Waals surface area contributed by atoms with Gasteiger partial charge in [0.05, 0.1) is 5.56 Å². The Bertz CT molecular complexity index is 1130. The number of likely N-dealkylation sites (tertiary alicyclic amines) is 1. The number of nitrogens with zero attached hydrogens (tertiary/aromatic N) is 2. The van der Waals surface area contributed by atoms with Gasteiger partial charge in [0.15, 0.2) is 6.61 Å². The standard InChI is InChI=1S/C25H24F5N3O2/c26-19-11-20(27)13-23(12-19)35-16-24(34)31-21-6-8-32(9-7-21)14-17-5-10-33(15-17)22-3-1-18(2-4-22)25(28,29)30/h1-5,10-13,15,21H,6-9,14,16H2,(H,31,34). The Morgan fingerprint density at radius 1 is 1.00 bits per heavy atom. The van der Waals surface area contributed by atoms with Crippen LogP contribution in [0.1, 0.15) is 24.0 Å². The summed E-state index contributed by atoms with van der Waals surface area (Å²) < 4.78 is 71.6. The van der Waals surface area contributed by atoms with Crippen LogP contribution in [0.2, 0.25) is 0 Å². The number of piperidine rings is 1. The predicted molar refractivity (Wildman–Crippen MR) is 119 cm³/mol. The maximum Gasteiger partial charge on any atom is 0.416 e. The highest BCUT2D eigenvalue weighted by molar-refractivity contribution is 5.77. The van der Waals surface area contributed by atoms with E-state index in [9.17, 15) is 26.7 Å². The molecule has 5 nitrogen and oxygen atoms in total. The van der Waals surface area contributed by atoms with Crippen molar-refractivity contribution in [1.82, 2.24) is 14.8 Å². The minimum atomic E-state index is -4.36. The number of amides is 1. The van der Waals surface area contributed by atoms with Crippen LogP contribution in [-0.4, -0.2) is 41.1 Å². The van der Waals surface area contributed by atoms with Gasteiger partial charge in [-0.3, -0.25) is 9.69 Å². The van der Waals surface area contributed by atoms with Gasteiger partial charge in [-0.25, -0.2) is 8.78 Å². The summed E-state index contributed by atoms with van der Waals surface area (Å²) in [5.41, 5.74) is 0.995. The van der Waals surface area contributed by atoms with Crippen molar-refractivity contribution in [2.24, 2.45) is 0 Å². The van der Waals surface area contributed by atoms with Gasteiger partial charge in [-0.15, -0.1) is 0 Å². The lowest BCUT2D eigenvalue weighted by atomic mass is 10.0. The van der Waals surface area contributed by atoms with Crippen molar-refractivity contribution in [3.63, 3.8) is 0 Å². The Balaban J connectivity index is 1.21. The summed E-state index contributed by atoms with van der Waals surface area (Å²) in [5.74, 6) is -1.96. The lowest BCUT2D eigenvalue weighted by Crippen LogP contribution is -2.45. The minimum absolute atomic E-state index is 0.0247. The molecule has 1 aromatic heterocycles. The van der Waals surface area contributed by atoms with E-state index in [0.29, 0.717) is 12.2 Å². The van der Waals surface area contributed by atoms with Crippen LogP contribution in [0.25, 0.3) is 5.69 Å². The fraction of sp³-hybridized carbons (Fsp3) is 0.320. The molecule has 0 bridgehead atoms. The van der Waals surface area contributed by atoms with E-state index in [-0.39, 0.29) is 24.3 Å². The topological polar surface area (TPSA) is 46.5 Å². The quantitative estimate of drug-likeness (QED) is 0.475. The Morgan fingerprint density at radius 2 is 1.66 bits per heavy atom. The SMILES string of the molecule is O=C(COc1cc(F)cc(F)c1)NC1CCN(Cc2ccn(-c3ccc(C(F)(F)F)cc3)c2)CC1. The highest BCUT2D eigenvalue weighted by atomic mass is 19.4.